The van der Waals surface area contributed by atoms with Crippen LogP contribution in [0.5, 0.6) is 0 Å². The highest BCUT2D eigenvalue weighted by molar-refractivity contribution is 9.10. The van der Waals surface area contributed by atoms with E-state index in [0.717, 1.165) is 23.9 Å². The fraction of sp³-hybridized carbons (Fsp3) is 0.571. The highest BCUT2D eigenvalue weighted by Crippen LogP contribution is 2.27. The van der Waals surface area contributed by atoms with Gasteiger partial charge in [-0.2, -0.15) is 0 Å². The lowest BCUT2D eigenvalue weighted by Gasteiger charge is -2.29. The standard InChI is InChI=1S/C14H20BrClFN/c1-3-14(4-2,9-16)10-18-8-11-7-12(15)5-6-13(11)17/h5-7,18H,3-4,8-10H2,1-2H3. The molecule has 0 fully saturated rings. The van der Waals surface area contributed by atoms with E-state index < -0.39 is 0 Å². The number of nitrogens with one attached hydrogen (secondary N) is 1. The van der Waals surface area contributed by atoms with E-state index in [9.17, 15) is 4.39 Å². The molecule has 0 saturated heterocycles. The Morgan fingerprint density at radius 2 is 2.00 bits per heavy atom. The number of rotatable bonds is 7. The van der Waals surface area contributed by atoms with Crippen LogP contribution < -0.4 is 5.32 Å². The van der Waals surface area contributed by atoms with Gasteiger partial charge in [0.2, 0.25) is 0 Å². The van der Waals surface area contributed by atoms with Crippen molar-refractivity contribution in [1.82, 2.24) is 5.32 Å². The van der Waals surface area contributed by atoms with E-state index in [1.807, 2.05) is 6.07 Å². The van der Waals surface area contributed by atoms with E-state index in [1.54, 1.807) is 6.07 Å². The first kappa shape index (κ1) is 15.9. The molecular formula is C14H20BrClFN. The average molecular weight is 337 g/mol. The second-order valence-corrected chi connectivity index (χ2v) is 5.86. The largest absolute Gasteiger partial charge is 0.312 e. The summed E-state index contributed by atoms with van der Waals surface area (Å²) < 4.78 is 14.4. The first-order chi connectivity index (χ1) is 8.56. The monoisotopic (exact) mass is 335 g/mol. The van der Waals surface area contributed by atoms with Crippen molar-refractivity contribution in [1.29, 1.82) is 0 Å². The fourth-order valence-electron chi connectivity index (χ4n) is 1.88. The lowest BCUT2D eigenvalue weighted by atomic mass is 9.84. The third kappa shape index (κ3) is 4.22. The first-order valence-electron chi connectivity index (χ1n) is 6.27. The molecule has 0 heterocycles. The Morgan fingerprint density at radius 1 is 1.33 bits per heavy atom. The van der Waals surface area contributed by atoms with Gasteiger partial charge in [-0.05, 0) is 36.5 Å². The normalized spacial score (nSPS) is 11.8. The van der Waals surface area contributed by atoms with Gasteiger partial charge in [0.1, 0.15) is 5.82 Å². The molecule has 1 nitrogen and oxygen atoms in total. The minimum Gasteiger partial charge on any atom is -0.312 e. The zero-order valence-electron chi connectivity index (χ0n) is 10.9. The maximum absolute atomic E-state index is 13.5. The summed E-state index contributed by atoms with van der Waals surface area (Å²) >= 11 is 9.39. The third-order valence-corrected chi connectivity index (χ3v) is 4.67. The molecule has 0 aliphatic heterocycles. The van der Waals surface area contributed by atoms with Gasteiger partial charge in [-0.15, -0.1) is 11.6 Å². The molecule has 0 radical (unpaired) electrons. The molecule has 0 atom stereocenters. The van der Waals surface area contributed by atoms with E-state index in [-0.39, 0.29) is 11.2 Å². The summed E-state index contributed by atoms with van der Waals surface area (Å²) in [4.78, 5) is 0. The summed E-state index contributed by atoms with van der Waals surface area (Å²) in [6, 6.07) is 5.00. The Bertz CT molecular complexity index is 372. The predicted octanol–water partition coefficient (Wildman–Crippen LogP) is 4.72. The topological polar surface area (TPSA) is 12.0 Å². The zero-order chi connectivity index (χ0) is 13.6. The maximum atomic E-state index is 13.5. The van der Waals surface area contributed by atoms with Crippen LogP contribution in [0.2, 0.25) is 0 Å². The van der Waals surface area contributed by atoms with Crippen molar-refractivity contribution in [2.75, 3.05) is 12.4 Å². The van der Waals surface area contributed by atoms with E-state index in [4.69, 9.17) is 11.6 Å². The van der Waals surface area contributed by atoms with Crippen LogP contribution in [-0.2, 0) is 6.54 Å². The highest BCUT2D eigenvalue weighted by Gasteiger charge is 2.24. The van der Waals surface area contributed by atoms with Crippen LogP contribution >= 0.6 is 27.5 Å². The Labute approximate surface area is 122 Å². The van der Waals surface area contributed by atoms with Crippen LogP contribution in [0.1, 0.15) is 32.3 Å². The molecule has 0 bridgehead atoms. The molecule has 1 N–H and O–H groups in total. The SMILES string of the molecule is CCC(CC)(CCl)CNCc1cc(Br)ccc1F. The molecule has 102 valence electrons. The Morgan fingerprint density at radius 3 is 2.56 bits per heavy atom. The van der Waals surface area contributed by atoms with Crippen molar-refractivity contribution in [3.63, 3.8) is 0 Å². The van der Waals surface area contributed by atoms with Crippen LogP contribution in [0.4, 0.5) is 4.39 Å². The Kier molecular flexibility index (Phi) is 6.61. The highest BCUT2D eigenvalue weighted by atomic mass is 79.9. The number of hydrogen-bond acceptors (Lipinski definition) is 1. The summed E-state index contributed by atoms with van der Waals surface area (Å²) in [7, 11) is 0. The molecule has 0 saturated carbocycles. The van der Waals surface area contributed by atoms with Crippen molar-refractivity contribution < 1.29 is 4.39 Å². The molecule has 1 aromatic rings. The van der Waals surface area contributed by atoms with Crippen molar-refractivity contribution in [3.05, 3.63) is 34.1 Å². The molecule has 0 amide bonds. The molecule has 0 spiro atoms. The quantitative estimate of drug-likeness (QED) is 0.710. The molecule has 4 heteroatoms. The van der Waals surface area contributed by atoms with Crippen LogP contribution in [0.25, 0.3) is 0 Å². The van der Waals surface area contributed by atoms with Gasteiger partial charge in [0.25, 0.3) is 0 Å². The fourth-order valence-corrected chi connectivity index (χ4v) is 2.76. The molecule has 0 aromatic heterocycles. The van der Waals surface area contributed by atoms with Gasteiger partial charge in [0.15, 0.2) is 0 Å². The van der Waals surface area contributed by atoms with Gasteiger partial charge < -0.3 is 5.32 Å². The summed E-state index contributed by atoms with van der Waals surface area (Å²) in [6.45, 7) is 5.64. The van der Waals surface area contributed by atoms with Crippen molar-refractivity contribution in [3.8, 4) is 0 Å². The van der Waals surface area contributed by atoms with Crippen molar-refractivity contribution in [2.24, 2.45) is 5.41 Å². The van der Waals surface area contributed by atoms with Crippen LogP contribution in [0.15, 0.2) is 22.7 Å². The Hall–Kier alpha value is -0.120. The molecule has 18 heavy (non-hydrogen) atoms. The second kappa shape index (κ2) is 7.46. The molecule has 0 aliphatic carbocycles. The van der Waals surface area contributed by atoms with E-state index in [0.29, 0.717) is 18.0 Å². The van der Waals surface area contributed by atoms with Gasteiger partial charge in [0.05, 0.1) is 0 Å². The number of benzene rings is 1. The first-order valence-corrected chi connectivity index (χ1v) is 7.60. The van der Waals surface area contributed by atoms with Crippen molar-refractivity contribution in [2.45, 2.75) is 33.2 Å². The predicted molar refractivity (Wildman–Crippen MR) is 79.5 cm³/mol. The molecule has 0 aliphatic rings. The van der Waals surface area contributed by atoms with Crippen LogP contribution in [0.3, 0.4) is 0 Å². The molecule has 1 rings (SSSR count). The van der Waals surface area contributed by atoms with Gasteiger partial charge in [-0.1, -0.05) is 29.8 Å². The average Bonchev–Trinajstić information content (AvgIpc) is 2.39. The second-order valence-electron chi connectivity index (χ2n) is 4.68. The lowest BCUT2D eigenvalue weighted by molar-refractivity contribution is 0.285. The summed E-state index contributed by atoms with van der Waals surface area (Å²) in [5, 5.41) is 3.32. The number of hydrogen-bond donors (Lipinski definition) is 1. The van der Waals surface area contributed by atoms with Gasteiger partial charge in [-0.3, -0.25) is 0 Å². The maximum Gasteiger partial charge on any atom is 0.127 e. The van der Waals surface area contributed by atoms with E-state index in [1.165, 1.54) is 6.07 Å². The Balaban J connectivity index is 2.57. The summed E-state index contributed by atoms with van der Waals surface area (Å²) in [5.74, 6) is 0.462. The minimum absolute atomic E-state index is 0.115. The molecule has 1 aromatic carbocycles. The van der Waals surface area contributed by atoms with Crippen molar-refractivity contribution >= 4 is 27.5 Å². The lowest BCUT2D eigenvalue weighted by Crippen LogP contribution is -2.34. The summed E-state index contributed by atoms with van der Waals surface area (Å²) in [5.41, 5.74) is 0.796. The van der Waals surface area contributed by atoms with Gasteiger partial charge in [0, 0.05) is 29.0 Å². The molecular weight excluding hydrogens is 317 g/mol. The third-order valence-electron chi connectivity index (χ3n) is 3.61. The van der Waals surface area contributed by atoms with Gasteiger partial charge in [-0.25, -0.2) is 4.39 Å². The van der Waals surface area contributed by atoms with Crippen LogP contribution in [-0.4, -0.2) is 12.4 Å². The number of halogens is 3. The summed E-state index contributed by atoms with van der Waals surface area (Å²) in [6.07, 6.45) is 2.06. The zero-order valence-corrected chi connectivity index (χ0v) is 13.2. The van der Waals surface area contributed by atoms with Crippen LogP contribution in [0, 0.1) is 11.2 Å². The smallest absolute Gasteiger partial charge is 0.127 e. The minimum atomic E-state index is -0.171. The molecule has 0 unspecified atom stereocenters. The number of alkyl halides is 1. The van der Waals surface area contributed by atoms with E-state index in [2.05, 4.69) is 35.1 Å². The van der Waals surface area contributed by atoms with Gasteiger partial charge >= 0.3 is 0 Å². The van der Waals surface area contributed by atoms with E-state index >= 15 is 0 Å².